The monoisotopic (exact) mass is 470 g/mol. The Hall–Kier alpha value is -3.01. The topological polar surface area (TPSA) is 106 Å². The van der Waals surface area contributed by atoms with Gasteiger partial charge in [0, 0.05) is 41.7 Å². The van der Waals surface area contributed by atoms with Crippen LogP contribution in [0.3, 0.4) is 0 Å². The minimum atomic E-state index is -3.95. The lowest BCUT2D eigenvalue weighted by Gasteiger charge is -2.25. The van der Waals surface area contributed by atoms with E-state index in [4.69, 9.17) is 9.47 Å². The van der Waals surface area contributed by atoms with Crippen LogP contribution in [0.1, 0.15) is 35.7 Å². The molecule has 0 amide bonds. The molecule has 1 aromatic heterocycles. The van der Waals surface area contributed by atoms with Gasteiger partial charge in [-0.25, -0.2) is 8.42 Å². The molecule has 0 radical (unpaired) electrons. The summed E-state index contributed by atoms with van der Waals surface area (Å²) < 4.78 is 39.3. The van der Waals surface area contributed by atoms with Crippen molar-refractivity contribution in [2.75, 3.05) is 20.3 Å². The maximum absolute atomic E-state index is 13.5. The molecule has 1 atom stereocenters. The van der Waals surface area contributed by atoms with E-state index in [0.717, 1.165) is 18.2 Å². The summed E-state index contributed by atoms with van der Waals surface area (Å²) in [6.45, 7) is 2.03. The van der Waals surface area contributed by atoms with Gasteiger partial charge >= 0.3 is 0 Å². The van der Waals surface area contributed by atoms with Crippen molar-refractivity contribution < 1.29 is 22.7 Å². The van der Waals surface area contributed by atoms with Crippen molar-refractivity contribution in [3.8, 4) is 5.75 Å². The third-order valence-electron chi connectivity index (χ3n) is 5.80. The minimum Gasteiger partial charge on any atom is -0.497 e. The van der Waals surface area contributed by atoms with Crippen LogP contribution < -0.4 is 10.3 Å². The number of benzene rings is 2. The van der Waals surface area contributed by atoms with Crippen LogP contribution in [0, 0.1) is 0 Å². The van der Waals surface area contributed by atoms with Crippen LogP contribution in [-0.4, -0.2) is 49.9 Å². The molecule has 33 heavy (non-hydrogen) atoms. The van der Waals surface area contributed by atoms with Crippen LogP contribution >= 0.6 is 0 Å². The number of H-pyrrole nitrogens is 1. The molecule has 0 spiro atoms. The van der Waals surface area contributed by atoms with Gasteiger partial charge in [0.15, 0.2) is 5.78 Å². The standard InChI is InChI=1S/C24H26N2O6S/c1-16(27)17-5-8-22(9-6-17)33(29,30)26(15-21-4-3-11-32-21)14-19-12-18-13-20(31-2)7-10-23(18)25-24(19)28/h5-10,12-13,21H,3-4,11,14-15H2,1-2H3,(H,25,28)/t21-/m1/s1. The number of ether oxygens (including phenoxy) is 2. The zero-order valence-corrected chi connectivity index (χ0v) is 19.4. The Morgan fingerprint density at radius 2 is 1.94 bits per heavy atom. The molecule has 4 rings (SSSR count). The highest BCUT2D eigenvalue weighted by atomic mass is 32.2. The van der Waals surface area contributed by atoms with Gasteiger partial charge in [0.05, 0.1) is 18.1 Å². The third-order valence-corrected chi connectivity index (χ3v) is 7.63. The van der Waals surface area contributed by atoms with Gasteiger partial charge in [-0.05, 0) is 56.2 Å². The van der Waals surface area contributed by atoms with E-state index >= 15 is 0 Å². The number of hydrogen-bond acceptors (Lipinski definition) is 6. The van der Waals surface area contributed by atoms with Crippen molar-refractivity contribution in [3.05, 3.63) is 70.0 Å². The molecular formula is C24H26N2O6S. The fourth-order valence-corrected chi connectivity index (χ4v) is 5.39. The first-order valence-corrected chi connectivity index (χ1v) is 12.1. The van der Waals surface area contributed by atoms with Crippen LogP contribution in [0.2, 0.25) is 0 Å². The minimum absolute atomic E-state index is 0.0596. The number of carbonyl (C=O) groups is 1. The molecule has 0 saturated carbocycles. The number of hydrogen-bond donors (Lipinski definition) is 1. The lowest BCUT2D eigenvalue weighted by atomic mass is 10.1. The molecule has 0 unspecified atom stereocenters. The van der Waals surface area contributed by atoms with Gasteiger partial charge in [0.1, 0.15) is 5.75 Å². The fourth-order valence-electron chi connectivity index (χ4n) is 3.94. The Kier molecular flexibility index (Phi) is 6.64. The second-order valence-corrected chi connectivity index (χ2v) is 10.0. The number of rotatable bonds is 8. The molecule has 1 fully saturated rings. The Bertz CT molecular complexity index is 1330. The summed E-state index contributed by atoms with van der Waals surface area (Å²) >= 11 is 0. The summed E-state index contributed by atoms with van der Waals surface area (Å²) in [5.41, 5.74) is 1.03. The van der Waals surface area contributed by atoms with Gasteiger partial charge in [-0.3, -0.25) is 9.59 Å². The van der Waals surface area contributed by atoms with Crippen LogP contribution in [-0.2, 0) is 21.3 Å². The molecule has 1 saturated heterocycles. The van der Waals surface area contributed by atoms with E-state index in [1.807, 2.05) is 0 Å². The molecule has 3 aromatic rings. The molecule has 0 aliphatic carbocycles. The summed E-state index contributed by atoms with van der Waals surface area (Å²) in [7, 11) is -2.39. The molecule has 0 bridgehead atoms. The van der Waals surface area contributed by atoms with Crippen molar-refractivity contribution in [1.29, 1.82) is 0 Å². The average Bonchev–Trinajstić information content (AvgIpc) is 3.32. The van der Waals surface area contributed by atoms with E-state index in [1.165, 1.54) is 35.5 Å². The second-order valence-electron chi connectivity index (χ2n) is 8.09. The number of methoxy groups -OCH3 is 1. The molecule has 9 heteroatoms. The Labute approximate surface area is 192 Å². The van der Waals surface area contributed by atoms with Crippen molar-refractivity contribution in [2.45, 2.75) is 37.3 Å². The lowest BCUT2D eigenvalue weighted by Crippen LogP contribution is -2.38. The summed E-state index contributed by atoms with van der Waals surface area (Å²) in [6, 6.07) is 12.8. The maximum Gasteiger partial charge on any atom is 0.252 e. The highest BCUT2D eigenvalue weighted by Gasteiger charge is 2.30. The number of nitrogens with one attached hydrogen (secondary N) is 1. The quantitative estimate of drug-likeness (QED) is 0.507. The first-order chi connectivity index (χ1) is 15.8. The number of fused-ring (bicyclic) bond motifs is 1. The average molecular weight is 471 g/mol. The highest BCUT2D eigenvalue weighted by Crippen LogP contribution is 2.24. The molecule has 1 aliphatic heterocycles. The molecular weight excluding hydrogens is 444 g/mol. The van der Waals surface area contributed by atoms with Crippen molar-refractivity contribution >= 4 is 26.7 Å². The van der Waals surface area contributed by atoms with E-state index in [9.17, 15) is 18.0 Å². The number of carbonyl (C=O) groups excluding carboxylic acids is 1. The number of pyridine rings is 1. The van der Waals surface area contributed by atoms with E-state index < -0.39 is 10.0 Å². The Morgan fingerprint density at radius 1 is 1.18 bits per heavy atom. The third kappa shape index (κ3) is 5.00. The number of Topliss-reactive ketones (excluding diaryl/α,β-unsaturated/α-hetero) is 1. The van der Waals surface area contributed by atoms with E-state index in [1.54, 1.807) is 31.4 Å². The van der Waals surface area contributed by atoms with Gasteiger partial charge in [0.25, 0.3) is 5.56 Å². The summed E-state index contributed by atoms with van der Waals surface area (Å²) in [5.74, 6) is 0.489. The van der Waals surface area contributed by atoms with Crippen molar-refractivity contribution in [1.82, 2.24) is 9.29 Å². The SMILES string of the molecule is COc1ccc2[nH]c(=O)c(CN(C[C@H]3CCCO3)S(=O)(=O)c3ccc(C(C)=O)cc3)cc2c1. The highest BCUT2D eigenvalue weighted by molar-refractivity contribution is 7.89. The first-order valence-electron chi connectivity index (χ1n) is 10.7. The molecule has 2 aromatic carbocycles. The van der Waals surface area contributed by atoms with Gasteiger partial charge in [-0.1, -0.05) is 12.1 Å². The van der Waals surface area contributed by atoms with Crippen LogP contribution in [0.15, 0.2) is 58.2 Å². The van der Waals surface area contributed by atoms with Crippen LogP contribution in [0.5, 0.6) is 5.75 Å². The van der Waals surface area contributed by atoms with Gasteiger partial charge in [0.2, 0.25) is 10.0 Å². The summed E-state index contributed by atoms with van der Waals surface area (Å²) in [6.07, 6.45) is 1.37. The van der Waals surface area contributed by atoms with Gasteiger partial charge in [-0.15, -0.1) is 0 Å². The van der Waals surface area contributed by atoms with Crippen molar-refractivity contribution in [2.24, 2.45) is 0 Å². The maximum atomic E-state index is 13.5. The smallest absolute Gasteiger partial charge is 0.252 e. The number of aromatic nitrogens is 1. The summed E-state index contributed by atoms with van der Waals surface area (Å²) in [5, 5.41) is 0.740. The fraction of sp³-hybridized carbons (Fsp3) is 0.333. The molecule has 174 valence electrons. The first kappa shape index (κ1) is 23.2. The van der Waals surface area contributed by atoms with E-state index in [-0.39, 0.29) is 35.4 Å². The molecule has 2 heterocycles. The second kappa shape index (κ2) is 9.46. The van der Waals surface area contributed by atoms with E-state index in [0.29, 0.717) is 29.0 Å². The number of nitrogens with zero attached hydrogens (tertiary/aromatic N) is 1. The van der Waals surface area contributed by atoms with E-state index in [2.05, 4.69) is 4.98 Å². The zero-order chi connectivity index (χ0) is 23.6. The van der Waals surface area contributed by atoms with Crippen molar-refractivity contribution in [3.63, 3.8) is 0 Å². The van der Waals surface area contributed by atoms with Gasteiger partial charge in [-0.2, -0.15) is 4.31 Å². The predicted molar refractivity (Wildman–Crippen MR) is 124 cm³/mol. The number of aromatic amines is 1. The number of sulfonamides is 1. The zero-order valence-electron chi connectivity index (χ0n) is 18.5. The van der Waals surface area contributed by atoms with Gasteiger partial charge < -0.3 is 14.5 Å². The molecule has 1 aliphatic rings. The largest absolute Gasteiger partial charge is 0.497 e. The number of ketones is 1. The van der Waals surface area contributed by atoms with Crippen LogP contribution in [0.25, 0.3) is 10.9 Å². The van der Waals surface area contributed by atoms with Crippen LogP contribution in [0.4, 0.5) is 0 Å². The summed E-state index contributed by atoms with van der Waals surface area (Å²) in [4.78, 5) is 27.2. The Morgan fingerprint density at radius 3 is 2.58 bits per heavy atom. The normalized spacial score (nSPS) is 16.4. The predicted octanol–water partition coefficient (Wildman–Crippen LogP) is 3.11. The Balaban J connectivity index is 1.72. The lowest BCUT2D eigenvalue weighted by molar-refractivity contribution is 0.0925. The molecule has 8 nitrogen and oxygen atoms in total. The molecule has 1 N–H and O–H groups in total.